The van der Waals surface area contributed by atoms with Crippen LogP contribution in [0, 0.1) is 0 Å². The van der Waals surface area contributed by atoms with E-state index in [1.165, 1.54) is 12.1 Å². The molecule has 0 saturated heterocycles. The van der Waals surface area contributed by atoms with E-state index in [-0.39, 0.29) is 5.75 Å². The molecule has 2 atom stereocenters. The molecule has 9 heteroatoms. The predicted octanol–water partition coefficient (Wildman–Crippen LogP) is 3.04. The first-order valence-electron chi connectivity index (χ1n) is 8.75. The van der Waals surface area contributed by atoms with Gasteiger partial charge < -0.3 is 19.1 Å². The van der Waals surface area contributed by atoms with Gasteiger partial charge in [-0.2, -0.15) is 5.10 Å². The van der Waals surface area contributed by atoms with Crippen molar-refractivity contribution in [3.63, 3.8) is 0 Å². The first-order chi connectivity index (χ1) is 14.0. The molecule has 8 nitrogen and oxygen atoms in total. The highest BCUT2D eigenvalue weighted by atomic mass is 32.2. The second-order valence-electron chi connectivity index (χ2n) is 6.21. The molecular weight excluding hydrogens is 392 g/mol. The Balaban J connectivity index is 1.67. The average Bonchev–Trinajstić information content (AvgIpc) is 3.17. The predicted molar refractivity (Wildman–Crippen MR) is 107 cm³/mol. The number of benzene rings is 2. The Bertz CT molecular complexity index is 1100. The van der Waals surface area contributed by atoms with Crippen LogP contribution < -0.4 is 9.47 Å². The van der Waals surface area contributed by atoms with Crippen LogP contribution in [0.4, 0.5) is 0 Å². The van der Waals surface area contributed by atoms with E-state index in [2.05, 4.69) is 15.2 Å². The third-order valence-electron chi connectivity index (χ3n) is 4.30. The maximum atomic E-state index is 12.8. The van der Waals surface area contributed by atoms with Crippen molar-refractivity contribution in [3.05, 3.63) is 61.2 Å². The fourth-order valence-corrected chi connectivity index (χ4v) is 3.81. The molecule has 0 bridgehead atoms. The Morgan fingerprint density at radius 2 is 1.93 bits per heavy atom. The molecule has 0 aliphatic carbocycles. The molecule has 0 aliphatic rings. The van der Waals surface area contributed by atoms with Gasteiger partial charge in [-0.25, -0.2) is 4.98 Å². The van der Waals surface area contributed by atoms with Crippen LogP contribution in [-0.2, 0) is 11.2 Å². The number of nitrogens with zero attached hydrogens (tertiary/aromatic N) is 4. The lowest BCUT2D eigenvalue weighted by Crippen LogP contribution is -2.24. The molecule has 0 amide bonds. The van der Waals surface area contributed by atoms with Crippen LogP contribution in [0.2, 0.25) is 0 Å². The maximum absolute atomic E-state index is 12.8. The third-order valence-corrected chi connectivity index (χ3v) is 5.74. The number of phenolic OH excluding ortho intramolecular Hbond substituents is 1. The van der Waals surface area contributed by atoms with Crippen molar-refractivity contribution in [3.8, 4) is 28.5 Å². The van der Waals surface area contributed by atoms with Gasteiger partial charge in [0.1, 0.15) is 23.6 Å². The summed E-state index contributed by atoms with van der Waals surface area (Å²) in [6.45, 7) is 1.73. The molecule has 0 fully saturated rings. The van der Waals surface area contributed by atoms with Gasteiger partial charge in [-0.15, -0.1) is 5.10 Å². The van der Waals surface area contributed by atoms with Crippen LogP contribution in [0.25, 0.3) is 16.9 Å². The summed E-state index contributed by atoms with van der Waals surface area (Å²) in [4.78, 5) is 5.11. The number of ether oxygens (including phenoxy) is 2. The smallest absolute Gasteiger partial charge is 0.256 e. The zero-order chi connectivity index (χ0) is 20.4. The zero-order valence-electron chi connectivity index (χ0n) is 15.7. The fraction of sp³-hybridized carbons (Fsp3) is 0.150. The molecule has 4 rings (SSSR count). The number of phenols is 1. The SMILES string of the molecule is COc1ccc(-c2cn3cnncc3n2)c(OC(C)[S+]([O-])c2ccc(O)cc2)c1. The monoisotopic (exact) mass is 410 g/mol. The van der Waals surface area contributed by atoms with E-state index >= 15 is 0 Å². The molecule has 2 aromatic carbocycles. The van der Waals surface area contributed by atoms with E-state index in [0.29, 0.717) is 27.7 Å². The van der Waals surface area contributed by atoms with Gasteiger partial charge in [0, 0.05) is 35.9 Å². The first-order valence-corrected chi connectivity index (χ1v) is 9.96. The Kier molecular flexibility index (Phi) is 5.24. The van der Waals surface area contributed by atoms with Crippen LogP contribution in [-0.4, -0.2) is 41.8 Å². The fourth-order valence-electron chi connectivity index (χ4n) is 2.83. The first kappa shape index (κ1) is 19.0. The molecule has 0 saturated carbocycles. The lowest BCUT2D eigenvalue weighted by Gasteiger charge is -2.20. The van der Waals surface area contributed by atoms with Gasteiger partial charge >= 0.3 is 0 Å². The largest absolute Gasteiger partial charge is 0.609 e. The van der Waals surface area contributed by atoms with Gasteiger partial charge in [0.25, 0.3) is 5.44 Å². The number of hydrogen-bond acceptors (Lipinski definition) is 7. The van der Waals surface area contributed by atoms with E-state index < -0.39 is 16.6 Å². The minimum atomic E-state index is -1.44. The lowest BCUT2D eigenvalue weighted by molar-refractivity contribution is 0.291. The van der Waals surface area contributed by atoms with Gasteiger partial charge in [0.15, 0.2) is 10.5 Å². The van der Waals surface area contributed by atoms with Crippen LogP contribution in [0.3, 0.4) is 0 Å². The van der Waals surface area contributed by atoms with Gasteiger partial charge in [0.2, 0.25) is 0 Å². The molecular formula is C20H18N4O4S. The zero-order valence-corrected chi connectivity index (χ0v) is 16.5. The second kappa shape index (κ2) is 7.98. The molecule has 29 heavy (non-hydrogen) atoms. The Labute approximate surface area is 170 Å². The number of imidazole rings is 1. The minimum Gasteiger partial charge on any atom is -0.609 e. The van der Waals surface area contributed by atoms with Crippen molar-refractivity contribution < 1.29 is 19.1 Å². The number of aromatic nitrogens is 4. The van der Waals surface area contributed by atoms with Crippen molar-refractivity contribution >= 4 is 16.8 Å². The molecule has 2 heterocycles. The Morgan fingerprint density at radius 3 is 2.66 bits per heavy atom. The van der Waals surface area contributed by atoms with Crippen molar-refractivity contribution in [2.24, 2.45) is 0 Å². The molecule has 4 aromatic rings. The second-order valence-corrected chi connectivity index (χ2v) is 7.94. The average molecular weight is 410 g/mol. The van der Waals surface area contributed by atoms with Crippen molar-refractivity contribution in [1.82, 2.24) is 19.6 Å². The van der Waals surface area contributed by atoms with Crippen LogP contribution in [0.5, 0.6) is 17.2 Å². The molecule has 0 aliphatic heterocycles. The standard InChI is InChI=1S/C20H18N4O4S/c1-13(29(26)16-6-3-14(25)4-7-16)28-19-9-15(27-2)5-8-17(19)18-11-24-12-22-21-10-20(24)23-18/h3-13,25H,1-2H3. The van der Waals surface area contributed by atoms with Gasteiger partial charge in [-0.1, -0.05) is 0 Å². The van der Waals surface area contributed by atoms with E-state index in [9.17, 15) is 9.66 Å². The van der Waals surface area contributed by atoms with E-state index in [1.807, 2.05) is 18.3 Å². The topological polar surface area (TPSA) is 105 Å². The van der Waals surface area contributed by atoms with Crippen molar-refractivity contribution in [2.75, 3.05) is 7.11 Å². The molecule has 1 N–H and O–H groups in total. The van der Waals surface area contributed by atoms with Gasteiger partial charge in [-0.3, -0.25) is 4.40 Å². The van der Waals surface area contributed by atoms with E-state index in [0.717, 1.165) is 5.56 Å². The lowest BCUT2D eigenvalue weighted by atomic mass is 10.1. The summed E-state index contributed by atoms with van der Waals surface area (Å²) in [6.07, 6.45) is 4.95. The quantitative estimate of drug-likeness (QED) is 0.487. The molecule has 0 radical (unpaired) electrons. The highest BCUT2D eigenvalue weighted by Gasteiger charge is 2.24. The van der Waals surface area contributed by atoms with Gasteiger partial charge in [-0.05, 0) is 36.4 Å². The summed E-state index contributed by atoms with van der Waals surface area (Å²) in [5, 5.41) is 17.1. The molecule has 2 unspecified atom stereocenters. The minimum absolute atomic E-state index is 0.116. The van der Waals surface area contributed by atoms with Crippen molar-refractivity contribution in [2.45, 2.75) is 17.3 Å². The van der Waals surface area contributed by atoms with Crippen LogP contribution >= 0.6 is 0 Å². The highest BCUT2D eigenvalue weighted by Crippen LogP contribution is 2.35. The molecule has 2 aromatic heterocycles. The molecule has 0 spiro atoms. The van der Waals surface area contributed by atoms with Gasteiger partial charge in [0.05, 0.1) is 19.0 Å². The number of aromatic hydroxyl groups is 1. The summed E-state index contributed by atoms with van der Waals surface area (Å²) >= 11 is -1.44. The van der Waals surface area contributed by atoms with E-state index in [1.54, 1.807) is 49.2 Å². The third kappa shape index (κ3) is 3.96. The molecule has 148 valence electrons. The number of methoxy groups -OCH3 is 1. The maximum Gasteiger partial charge on any atom is 0.256 e. The summed E-state index contributed by atoms with van der Waals surface area (Å²) in [7, 11) is 1.57. The van der Waals surface area contributed by atoms with Crippen molar-refractivity contribution in [1.29, 1.82) is 0 Å². The normalized spacial score (nSPS) is 13.2. The van der Waals surface area contributed by atoms with Crippen LogP contribution in [0.15, 0.2) is 66.1 Å². The summed E-state index contributed by atoms with van der Waals surface area (Å²) in [6, 6.07) is 11.6. The Hall–Kier alpha value is -3.30. The highest BCUT2D eigenvalue weighted by molar-refractivity contribution is 7.91. The van der Waals surface area contributed by atoms with E-state index in [4.69, 9.17) is 9.47 Å². The Morgan fingerprint density at radius 1 is 1.14 bits per heavy atom. The number of fused-ring (bicyclic) bond motifs is 1. The summed E-state index contributed by atoms with van der Waals surface area (Å²) < 4.78 is 26.0. The number of rotatable bonds is 6. The summed E-state index contributed by atoms with van der Waals surface area (Å²) in [5.41, 5.74) is 1.40. The number of hydrogen-bond donors (Lipinski definition) is 1. The van der Waals surface area contributed by atoms with Crippen LogP contribution in [0.1, 0.15) is 6.92 Å². The summed E-state index contributed by atoms with van der Waals surface area (Å²) in [5.74, 6) is 1.22.